The van der Waals surface area contributed by atoms with Gasteiger partial charge in [-0.25, -0.2) is 4.79 Å². The molecule has 0 saturated heterocycles. The number of nitrogens with two attached hydrogens (primary N) is 2. The zero-order valence-corrected chi connectivity index (χ0v) is 21.0. The van der Waals surface area contributed by atoms with Crippen LogP contribution in [0.3, 0.4) is 0 Å². The van der Waals surface area contributed by atoms with E-state index in [2.05, 4.69) is 12.3 Å². The van der Waals surface area contributed by atoms with Crippen molar-refractivity contribution in [3.63, 3.8) is 0 Å². The van der Waals surface area contributed by atoms with Crippen molar-refractivity contribution < 1.29 is 14.3 Å². The maximum Gasteiger partial charge on any atom is 0.337 e. The quantitative estimate of drug-likeness (QED) is 0.357. The Balaban J connectivity index is 0.000000586. The van der Waals surface area contributed by atoms with Crippen molar-refractivity contribution in [2.24, 2.45) is 17.5 Å². The molecule has 0 spiro atoms. The molecule has 1 aliphatic heterocycles. The summed E-state index contributed by atoms with van der Waals surface area (Å²) in [5, 5.41) is 0. The van der Waals surface area contributed by atoms with Gasteiger partial charge in [0, 0.05) is 25.4 Å². The Bertz CT molecular complexity index is 882. The summed E-state index contributed by atoms with van der Waals surface area (Å²) in [6.07, 6.45) is 2.43. The third-order valence-corrected chi connectivity index (χ3v) is 4.58. The van der Waals surface area contributed by atoms with Gasteiger partial charge >= 0.3 is 5.97 Å². The Hall–Kier alpha value is -3.32. The molecule has 0 unspecified atom stereocenters. The number of ether oxygens (including phenoxy) is 1. The van der Waals surface area contributed by atoms with E-state index in [1.807, 2.05) is 70.2 Å². The highest BCUT2D eigenvalue weighted by Gasteiger charge is 2.25. The predicted octanol–water partition coefficient (Wildman–Crippen LogP) is 4.48. The first-order chi connectivity index (χ1) is 15.9. The molecular formula is C26H40N4O3. The van der Waals surface area contributed by atoms with Gasteiger partial charge in [0.15, 0.2) is 0 Å². The molecule has 1 atom stereocenters. The second-order valence-corrected chi connectivity index (χ2v) is 6.91. The summed E-state index contributed by atoms with van der Waals surface area (Å²) in [7, 11) is 1.37. The molecule has 2 aromatic carbocycles. The summed E-state index contributed by atoms with van der Waals surface area (Å²) in [4.78, 5) is 24.9. The predicted molar refractivity (Wildman–Crippen MR) is 137 cm³/mol. The van der Waals surface area contributed by atoms with Crippen LogP contribution in [0.1, 0.15) is 63.0 Å². The number of anilines is 1. The molecule has 7 heteroatoms. The molecule has 182 valence electrons. The molecule has 0 aliphatic carbocycles. The number of nitrogens with one attached hydrogen (secondary N) is 1. The number of amides is 1. The number of carbonyl (C=O) groups excluding carboxylic acids is 2. The molecule has 2 aromatic rings. The van der Waals surface area contributed by atoms with Crippen molar-refractivity contribution in [2.75, 3.05) is 18.6 Å². The third kappa shape index (κ3) is 9.37. The van der Waals surface area contributed by atoms with Crippen LogP contribution in [0, 0.1) is 5.92 Å². The van der Waals surface area contributed by atoms with Crippen molar-refractivity contribution in [3.05, 3.63) is 71.4 Å². The Morgan fingerprint density at radius 1 is 1.06 bits per heavy atom. The topological polar surface area (TPSA) is 111 Å². The van der Waals surface area contributed by atoms with Gasteiger partial charge in [0.1, 0.15) is 0 Å². The molecule has 3 rings (SSSR count). The molecule has 33 heavy (non-hydrogen) atoms. The zero-order valence-electron chi connectivity index (χ0n) is 21.0. The molecule has 5 N–H and O–H groups in total. The van der Waals surface area contributed by atoms with Crippen molar-refractivity contribution in [1.29, 1.82) is 0 Å². The molecule has 7 nitrogen and oxygen atoms in total. The van der Waals surface area contributed by atoms with E-state index in [0.29, 0.717) is 17.2 Å². The number of fused-ring (bicyclic) bond motifs is 1. The van der Waals surface area contributed by atoms with Gasteiger partial charge in [-0.1, -0.05) is 65.0 Å². The van der Waals surface area contributed by atoms with Gasteiger partial charge in [0.2, 0.25) is 5.91 Å². The zero-order chi connectivity index (χ0) is 25.4. The maximum atomic E-state index is 11.6. The number of benzene rings is 2. The normalized spacial score (nSPS) is 14.0. The first kappa shape index (κ1) is 29.7. The summed E-state index contributed by atoms with van der Waals surface area (Å²) in [6, 6.07) is 15.0. The average Bonchev–Trinajstić information content (AvgIpc) is 2.86. The van der Waals surface area contributed by atoms with Gasteiger partial charge in [-0.15, -0.1) is 0 Å². The number of hydrogen-bond acceptors (Lipinski definition) is 6. The highest BCUT2D eigenvalue weighted by Crippen LogP contribution is 2.30. The number of rotatable bonds is 3. The fraction of sp³-hybridized carbons (Fsp3) is 0.385. The van der Waals surface area contributed by atoms with Crippen molar-refractivity contribution in [2.45, 2.75) is 48.0 Å². The van der Waals surface area contributed by atoms with Gasteiger partial charge in [0.05, 0.1) is 18.4 Å². The summed E-state index contributed by atoms with van der Waals surface area (Å²) >= 11 is 0. The van der Waals surface area contributed by atoms with Crippen LogP contribution in [0.2, 0.25) is 0 Å². The van der Waals surface area contributed by atoms with Gasteiger partial charge in [-0.3, -0.25) is 10.6 Å². The Labute approximate surface area is 198 Å². The minimum Gasteiger partial charge on any atom is -0.465 e. The third-order valence-electron chi connectivity index (χ3n) is 4.58. The first-order valence-corrected chi connectivity index (χ1v) is 11.3. The molecular weight excluding hydrogens is 416 g/mol. The Morgan fingerprint density at radius 2 is 1.67 bits per heavy atom. The second kappa shape index (κ2) is 16.3. The molecule has 1 amide bonds. The first-order valence-electron chi connectivity index (χ1n) is 11.3. The van der Waals surface area contributed by atoms with Crippen LogP contribution in [-0.2, 0) is 16.0 Å². The second-order valence-electron chi connectivity index (χ2n) is 6.91. The molecule has 0 radical (unpaired) electrons. The van der Waals surface area contributed by atoms with Gasteiger partial charge in [-0.05, 0) is 41.7 Å². The summed E-state index contributed by atoms with van der Waals surface area (Å²) < 4.78 is 4.71. The molecule has 0 saturated carbocycles. The lowest BCUT2D eigenvalue weighted by molar-refractivity contribution is -0.116. The molecule has 0 aromatic heterocycles. The van der Waals surface area contributed by atoms with E-state index < -0.39 is 0 Å². The Morgan fingerprint density at radius 3 is 2.18 bits per heavy atom. The van der Waals surface area contributed by atoms with E-state index in [4.69, 9.17) is 16.3 Å². The van der Waals surface area contributed by atoms with E-state index in [1.54, 1.807) is 24.1 Å². The lowest BCUT2D eigenvalue weighted by Gasteiger charge is -2.32. The fourth-order valence-electron chi connectivity index (χ4n) is 3.21. The standard InChI is InChI=1S/C14H17NO3.C8H11N3.2C2H6/c1-9-6-12-7-11(14(17)18-3)4-5-13(12)15(8-9)10(2)16;9-8(6-11-10)7-4-2-1-3-5-7;2*1-2/h4-5,7,9H,6,8H2,1-3H3;1-6,11H,9-10H2;2*1-2H3/b;8-6-;;/t9-;;;/m1.../s1. The Kier molecular flexibility index (Phi) is 14.7. The van der Waals surface area contributed by atoms with Gasteiger partial charge in [0.25, 0.3) is 0 Å². The lowest BCUT2D eigenvalue weighted by Crippen LogP contribution is -2.37. The maximum absolute atomic E-state index is 11.6. The van der Waals surface area contributed by atoms with E-state index >= 15 is 0 Å². The summed E-state index contributed by atoms with van der Waals surface area (Å²) in [5.41, 5.74) is 12.1. The van der Waals surface area contributed by atoms with Crippen LogP contribution >= 0.6 is 0 Å². The van der Waals surface area contributed by atoms with E-state index in [9.17, 15) is 9.59 Å². The highest BCUT2D eigenvalue weighted by molar-refractivity contribution is 5.95. The molecule has 1 heterocycles. The van der Waals surface area contributed by atoms with E-state index in [-0.39, 0.29) is 11.9 Å². The minimum absolute atomic E-state index is 0.0358. The number of esters is 1. The largest absolute Gasteiger partial charge is 0.465 e. The van der Waals surface area contributed by atoms with Crippen LogP contribution in [0.15, 0.2) is 54.7 Å². The van der Waals surface area contributed by atoms with Crippen LogP contribution in [0.4, 0.5) is 5.69 Å². The van der Waals surface area contributed by atoms with E-state index in [0.717, 1.165) is 29.8 Å². The van der Waals surface area contributed by atoms with Crippen LogP contribution in [0.5, 0.6) is 0 Å². The molecule has 0 fully saturated rings. The summed E-state index contributed by atoms with van der Waals surface area (Å²) in [5.74, 6) is 5.15. The van der Waals surface area contributed by atoms with Gasteiger partial charge in [-0.2, -0.15) is 0 Å². The number of carbonyl (C=O) groups is 2. The van der Waals surface area contributed by atoms with Crippen molar-refractivity contribution in [1.82, 2.24) is 5.43 Å². The fourth-order valence-corrected chi connectivity index (χ4v) is 3.21. The highest BCUT2D eigenvalue weighted by atomic mass is 16.5. The average molecular weight is 457 g/mol. The molecule has 1 aliphatic rings. The number of methoxy groups -OCH3 is 1. The smallest absolute Gasteiger partial charge is 0.337 e. The van der Waals surface area contributed by atoms with Crippen LogP contribution in [-0.4, -0.2) is 25.5 Å². The minimum atomic E-state index is -0.342. The number of nitrogens with zero attached hydrogens (tertiary/aromatic N) is 1. The van der Waals surface area contributed by atoms with E-state index in [1.165, 1.54) is 7.11 Å². The number of hydrazine groups is 1. The van der Waals surface area contributed by atoms with Crippen molar-refractivity contribution in [3.8, 4) is 0 Å². The monoisotopic (exact) mass is 456 g/mol. The van der Waals surface area contributed by atoms with Crippen LogP contribution < -0.4 is 21.9 Å². The lowest BCUT2D eigenvalue weighted by atomic mass is 9.92. The summed E-state index contributed by atoms with van der Waals surface area (Å²) in [6.45, 7) is 12.4. The SMILES string of the molecule is CC.CC.COC(=O)c1ccc2c(c1)C[C@@H](C)CN2C(C)=O.NN/C=C(\N)c1ccccc1. The van der Waals surface area contributed by atoms with Crippen molar-refractivity contribution >= 4 is 23.3 Å². The molecule has 0 bridgehead atoms. The van der Waals surface area contributed by atoms with Gasteiger partial charge < -0.3 is 20.8 Å². The number of hydrogen-bond donors (Lipinski definition) is 3. The van der Waals surface area contributed by atoms with Crippen LogP contribution in [0.25, 0.3) is 5.70 Å².